The molecule has 1 aliphatic rings. The van der Waals surface area contributed by atoms with Crippen LogP contribution in [0.1, 0.15) is 29.5 Å². The van der Waals surface area contributed by atoms with E-state index < -0.39 is 0 Å². The molecule has 3 rings (SSSR count). The van der Waals surface area contributed by atoms with E-state index in [1.54, 1.807) is 12.1 Å². The number of ether oxygens (including phenoxy) is 1. The van der Waals surface area contributed by atoms with Gasteiger partial charge < -0.3 is 4.74 Å². The van der Waals surface area contributed by atoms with Crippen molar-refractivity contribution in [2.75, 3.05) is 0 Å². The molecule has 1 nitrogen and oxygen atoms in total. The van der Waals surface area contributed by atoms with Crippen molar-refractivity contribution in [2.24, 2.45) is 0 Å². The van der Waals surface area contributed by atoms with E-state index in [2.05, 4.69) is 6.07 Å². The van der Waals surface area contributed by atoms with Crippen molar-refractivity contribution in [3.05, 3.63) is 58.9 Å². The maximum Gasteiger partial charge on any atom is 0.166 e. The molecule has 0 fully saturated rings. The minimum Gasteiger partial charge on any atom is -0.454 e. The van der Waals surface area contributed by atoms with Crippen LogP contribution < -0.4 is 4.74 Å². The van der Waals surface area contributed by atoms with Crippen molar-refractivity contribution in [1.82, 2.24) is 0 Å². The van der Waals surface area contributed by atoms with Gasteiger partial charge in [0.1, 0.15) is 5.75 Å². The molecule has 2 aromatic carbocycles. The summed E-state index contributed by atoms with van der Waals surface area (Å²) in [6, 6.07) is 10.9. The van der Waals surface area contributed by atoms with Crippen LogP contribution in [0, 0.1) is 5.82 Å². The summed E-state index contributed by atoms with van der Waals surface area (Å²) in [5.74, 6) is 0.870. The molecule has 2 aromatic rings. The van der Waals surface area contributed by atoms with E-state index in [0.717, 1.165) is 18.4 Å². The van der Waals surface area contributed by atoms with E-state index in [1.165, 1.54) is 30.0 Å². The molecule has 1 aliphatic carbocycles. The van der Waals surface area contributed by atoms with Gasteiger partial charge in [0.2, 0.25) is 0 Å². The fraction of sp³-hybridized carbons (Fsp3) is 0.294. The monoisotopic (exact) mass is 290 g/mol. The molecule has 104 valence electrons. The Morgan fingerprint density at radius 1 is 1.00 bits per heavy atom. The molecule has 0 spiro atoms. The number of aryl methyl sites for hydroxylation is 2. The number of hydrogen-bond acceptors (Lipinski definition) is 1. The molecular weight excluding hydrogens is 275 g/mol. The van der Waals surface area contributed by atoms with Crippen LogP contribution in [-0.4, -0.2) is 0 Å². The third-order valence-corrected chi connectivity index (χ3v) is 4.01. The van der Waals surface area contributed by atoms with Crippen LogP contribution in [-0.2, 0) is 18.7 Å². The number of benzene rings is 2. The Labute approximate surface area is 123 Å². The zero-order valence-corrected chi connectivity index (χ0v) is 11.9. The number of rotatable bonds is 3. The summed E-state index contributed by atoms with van der Waals surface area (Å²) in [6.45, 7) is 0. The average Bonchev–Trinajstić information content (AvgIpc) is 2.49. The summed E-state index contributed by atoms with van der Waals surface area (Å²) < 4.78 is 19.5. The highest BCUT2D eigenvalue weighted by Crippen LogP contribution is 2.30. The first kappa shape index (κ1) is 13.4. The van der Waals surface area contributed by atoms with E-state index >= 15 is 0 Å². The highest BCUT2D eigenvalue weighted by molar-refractivity contribution is 6.17. The molecule has 0 heterocycles. The van der Waals surface area contributed by atoms with E-state index in [9.17, 15) is 4.39 Å². The van der Waals surface area contributed by atoms with Gasteiger partial charge in [-0.25, -0.2) is 4.39 Å². The van der Waals surface area contributed by atoms with Crippen molar-refractivity contribution in [3.8, 4) is 11.5 Å². The third kappa shape index (κ3) is 2.80. The van der Waals surface area contributed by atoms with Crippen molar-refractivity contribution in [2.45, 2.75) is 31.6 Å². The Morgan fingerprint density at radius 3 is 2.55 bits per heavy atom. The highest BCUT2D eigenvalue weighted by Gasteiger charge is 2.11. The standard InChI is InChI=1S/C17H16ClFO/c18-11-12-5-8-17(16(19)9-12)20-15-7-6-13-3-1-2-4-14(13)10-15/h5-10H,1-4,11H2. The van der Waals surface area contributed by atoms with Crippen LogP contribution >= 0.6 is 11.6 Å². The summed E-state index contributed by atoms with van der Waals surface area (Å²) in [6.07, 6.45) is 4.69. The second kappa shape index (κ2) is 5.84. The normalized spacial score (nSPS) is 13.9. The fourth-order valence-corrected chi connectivity index (χ4v) is 2.78. The zero-order chi connectivity index (χ0) is 13.9. The lowest BCUT2D eigenvalue weighted by Gasteiger charge is -2.17. The molecular formula is C17H16ClFO. The zero-order valence-electron chi connectivity index (χ0n) is 11.2. The van der Waals surface area contributed by atoms with Crippen LogP contribution in [0.5, 0.6) is 11.5 Å². The second-order valence-electron chi connectivity index (χ2n) is 5.14. The molecule has 0 aliphatic heterocycles. The first-order chi connectivity index (χ1) is 9.76. The number of fused-ring (bicyclic) bond motifs is 1. The summed E-state index contributed by atoms with van der Waals surface area (Å²) in [5, 5.41) is 0. The predicted octanol–water partition coefficient (Wildman–Crippen LogP) is 5.24. The molecule has 0 unspecified atom stereocenters. The minimum absolute atomic E-state index is 0.245. The lowest BCUT2D eigenvalue weighted by atomic mass is 9.92. The molecule has 0 atom stereocenters. The van der Waals surface area contributed by atoms with Gasteiger partial charge in [-0.2, -0.15) is 0 Å². The Kier molecular flexibility index (Phi) is 3.93. The van der Waals surface area contributed by atoms with Crippen molar-refractivity contribution >= 4 is 11.6 Å². The summed E-state index contributed by atoms with van der Waals surface area (Å²) in [7, 11) is 0. The van der Waals surface area contributed by atoms with Crippen LogP contribution in [0.4, 0.5) is 4.39 Å². The summed E-state index contributed by atoms with van der Waals surface area (Å²) in [5.41, 5.74) is 3.47. The lowest BCUT2D eigenvalue weighted by Crippen LogP contribution is -2.02. The van der Waals surface area contributed by atoms with Gasteiger partial charge in [-0.05, 0) is 66.6 Å². The van der Waals surface area contributed by atoms with Crippen LogP contribution in [0.3, 0.4) is 0 Å². The first-order valence-corrected chi connectivity index (χ1v) is 7.44. The molecule has 0 radical (unpaired) electrons. The van der Waals surface area contributed by atoms with Crippen molar-refractivity contribution in [1.29, 1.82) is 0 Å². The van der Waals surface area contributed by atoms with E-state index in [-0.39, 0.29) is 11.6 Å². The van der Waals surface area contributed by atoms with Crippen LogP contribution in [0.15, 0.2) is 36.4 Å². The van der Waals surface area contributed by atoms with Gasteiger partial charge in [-0.1, -0.05) is 12.1 Å². The topological polar surface area (TPSA) is 9.23 Å². The lowest BCUT2D eigenvalue weighted by molar-refractivity contribution is 0.440. The Morgan fingerprint density at radius 2 is 1.80 bits per heavy atom. The maximum absolute atomic E-state index is 13.9. The van der Waals surface area contributed by atoms with Crippen molar-refractivity contribution in [3.63, 3.8) is 0 Å². The smallest absolute Gasteiger partial charge is 0.166 e. The van der Waals surface area contributed by atoms with Gasteiger partial charge in [0.05, 0.1) is 0 Å². The number of halogens is 2. The van der Waals surface area contributed by atoms with Gasteiger partial charge in [0, 0.05) is 5.88 Å². The van der Waals surface area contributed by atoms with E-state index in [0.29, 0.717) is 11.6 Å². The Bertz CT molecular complexity index is 624. The van der Waals surface area contributed by atoms with E-state index in [1.807, 2.05) is 12.1 Å². The van der Waals surface area contributed by atoms with Crippen LogP contribution in [0.2, 0.25) is 0 Å². The number of hydrogen-bond donors (Lipinski definition) is 0. The number of alkyl halides is 1. The molecule has 0 saturated carbocycles. The largest absolute Gasteiger partial charge is 0.454 e. The fourth-order valence-electron chi connectivity index (χ4n) is 2.61. The van der Waals surface area contributed by atoms with Gasteiger partial charge in [0.15, 0.2) is 11.6 Å². The van der Waals surface area contributed by atoms with Gasteiger partial charge in [0.25, 0.3) is 0 Å². The Balaban J connectivity index is 1.84. The average molecular weight is 291 g/mol. The SMILES string of the molecule is Fc1cc(CCl)ccc1Oc1ccc2c(c1)CCCC2. The summed E-state index contributed by atoms with van der Waals surface area (Å²) in [4.78, 5) is 0. The molecule has 0 bridgehead atoms. The predicted molar refractivity (Wildman–Crippen MR) is 79.1 cm³/mol. The van der Waals surface area contributed by atoms with Gasteiger partial charge >= 0.3 is 0 Å². The van der Waals surface area contributed by atoms with Gasteiger partial charge in [-0.3, -0.25) is 0 Å². The van der Waals surface area contributed by atoms with Gasteiger partial charge in [-0.15, -0.1) is 11.6 Å². The quantitative estimate of drug-likeness (QED) is 0.703. The highest BCUT2D eigenvalue weighted by atomic mass is 35.5. The van der Waals surface area contributed by atoms with Crippen molar-refractivity contribution < 1.29 is 9.13 Å². The van der Waals surface area contributed by atoms with E-state index in [4.69, 9.17) is 16.3 Å². The molecule has 20 heavy (non-hydrogen) atoms. The third-order valence-electron chi connectivity index (χ3n) is 3.70. The second-order valence-corrected chi connectivity index (χ2v) is 5.41. The summed E-state index contributed by atoms with van der Waals surface area (Å²) >= 11 is 5.68. The molecule has 0 saturated heterocycles. The molecule has 0 N–H and O–H groups in total. The minimum atomic E-state index is -0.374. The van der Waals surface area contributed by atoms with Crippen LogP contribution in [0.25, 0.3) is 0 Å². The molecule has 3 heteroatoms. The molecule has 0 aromatic heterocycles. The first-order valence-electron chi connectivity index (χ1n) is 6.90. The molecule has 0 amide bonds. The Hall–Kier alpha value is -1.54. The maximum atomic E-state index is 13.9.